The molecule has 0 saturated heterocycles. The van der Waals surface area contributed by atoms with Gasteiger partial charge in [0.15, 0.2) is 0 Å². The normalized spacial score (nSPS) is 12.7. The van der Waals surface area contributed by atoms with Crippen LogP contribution in [0.5, 0.6) is 0 Å². The predicted octanol–water partition coefficient (Wildman–Crippen LogP) is 0.186. The molecule has 78 valence electrons. The lowest BCUT2D eigenvalue weighted by molar-refractivity contribution is 0.0861. The minimum Gasteiger partial charge on any atom is -0.396 e. The number of thioether (sulfide) groups is 1. The van der Waals surface area contributed by atoms with Gasteiger partial charge < -0.3 is 11.5 Å². The van der Waals surface area contributed by atoms with Crippen LogP contribution in [0.2, 0.25) is 0 Å². The lowest BCUT2D eigenvalue weighted by Crippen LogP contribution is -2.35. The third-order valence-electron chi connectivity index (χ3n) is 1.78. The van der Waals surface area contributed by atoms with Crippen LogP contribution in [0.1, 0.15) is 11.2 Å². The molecule has 0 spiro atoms. The summed E-state index contributed by atoms with van der Waals surface area (Å²) < 4.78 is 1.19. The number of rotatable bonds is 4. The van der Waals surface area contributed by atoms with Gasteiger partial charge in [-0.2, -0.15) is 16.9 Å². The molecule has 0 amide bonds. The Morgan fingerprint density at radius 2 is 2.50 bits per heavy atom. The summed E-state index contributed by atoms with van der Waals surface area (Å²) in [6.07, 6.45) is 5.53. The van der Waals surface area contributed by atoms with Gasteiger partial charge in [-0.1, -0.05) is 0 Å². The summed E-state index contributed by atoms with van der Waals surface area (Å²) in [4.78, 5) is 11.6. The number of carbonyl (C=O) groups excluding carboxylic acids is 1. The SMILES string of the molecule is CSCC[C@H](N)C(=O)n1cc(N)cn1. The summed E-state index contributed by atoms with van der Waals surface area (Å²) in [6.45, 7) is 0. The Morgan fingerprint density at radius 3 is 3.00 bits per heavy atom. The summed E-state index contributed by atoms with van der Waals surface area (Å²) in [5, 5.41) is 3.80. The van der Waals surface area contributed by atoms with Crippen molar-refractivity contribution < 1.29 is 4.79 Å². The van der Waals surface area contributed by atoms with E-state index in [0.717, 1.165) is 5.75 Å². The summed E-state index contributed by atoms with van der Waals surface area (Å²) in [5.74, 6) is 0.652. The maximum Gasteiger partial charge on any atom is 0.263 e. The number of aromatic nitrogens is 2. The summed E-state index contributed by atoms with van der Waals surface area (Å²) in [7, 11) is 0. The van der Waals surface area contributed by atoms with Gasteiger partial charge in [0, 0.05) is 0 Å². The molecule has 1 aromatic heterocycles. The first-order valence-electron chi connectivity index (χ1n) is 4.24. The Bertz CT molecular complexity index is 312. The smallest absolute Gasteiger partial charge is 0.263 e. The number of nitrogens with zero attached hydrogens (tertiary/aromatic N) is 2. The van der Waals surface area contributed by atoms with E-state index in [-0.39, 0.29) is 5.91 Å². The van der Waals surface area contributed by atoms with E-state index in [1.807, 2.05) is 6.26 Å². The average molecular weight is 214 g/mol. The molecule has 0 aliphatic rings. The van der Waals surface area contributed by atoms with Crippen molar-refractivity contribution in [2.24, 2.45) is 5.73 Å². The molecule has 0 radical (unpaired) electrons. The zero-order valence-corrected chi connectivity index (χ0v) is 8.83. The molecule has 6 heteroatoms. The second-order valence-corrected chi connectivity index (χ2v) is 3.93. The van der Waals surface area contributed by atoms with E-state index < -0.39 is 6.04 Å². The topological polar surface area (TPSA) is 86.9 Å². The maximum atomic E-state index is 11.6. The fourth-order valence-electron chi connectivity index (χ4n) is 0.995. The fraction of sp³-hybridized carbons (Fsp3) is 0.500. The Kier molecular flexibility index (Phi) is 3.97. The fourth-order valence-corrected chi connectivity index (χ4v) is 1.49. The molecule has 0 unspecified atom stereocenters. The third-order valence-corrected chi connectivity index (χ3v) is 2.42. The van der Waals surface area contributed by atoms with Crippen molar-refractivity contribution in [3.8, 4) is 0 Å². The molecule has 0 aliphatic heterocycles. The Morgan fingerprint density at radius 1 is 1.79 bits per heavy atom. The molecule has 1 heterocycles. The Labute approximate surface area is 86.8 Å². The monoisotopic (exact) mass is 214 g/mol. The molecular formula is C8H14N4OS. The van der Waals surface area contributed by atoms with Crippen molar-refractivity contribution in [2.75, 3.05) is 17.7 Å². The van der Waals surface area contributed by atoms with Crippen molar-refractivity contribution in [1.82, 2.24) is 9.78 Å². The van der Waals surface area contributed by atoms with Crippen molar-refractivity contribution in [3.05, 3.63) is 12.4 Å². The van der Waals surface area contributed by atoms with Gasteiger partial charge in [0.1, 0.15) is 0 Å². The van der Waals surface area contributed by atoms with E-state index in [1.165, 1.54) is 17.1 Å². The minimum absolute atomic E-state index is 0.212. The van der Waals surface area contributed by atoms with Gasteiger partial charge in [0.05, 0.1) is 24.1 Å². The van der Waals surface area contributed by atoms with E-state index >= 15 is 0 Å². The molecule has 0 bridgehead atoms. The number of anilines is 1. The standard InChI is InChI=1S/C8H14N4OS/c1-14-3-2-7(10)8(13)12-5-6(9)4-11-12/h4-5,7H,2-3,9-10H2,1H3/t7-/m0/s1. The van der Waals surface area contributed by atoms with Gasteiger partial charge in [-0.15, -0.1) is 0 Å². The molecule has 0 fully saturated rings. The summed E-state index contributed by atoms with van der Waals surface area (Å²) in [6, 6.07) is -0.498. The second-order valence-electron chi connectivity index (χ2n) is 2.94. The molecule has 0 aromatic carbocycles. The lowest BCUT2D eigenvalue weighted by Gasteiger charge is -2.08. The van der Waals surface area contributed by atoms with Crippen LogP contribution in [0, 0.1) is 0 Å². The van der Waals surface area contributed by atoms with Crippen LogP contribution in [-0.2, 0) is 0 Å². The van der Waals surface area contributed by atoms with E-state index in [0.29, 0.717) is 12.1 Å². The second kappa shape index (κ2) is 5.02. The van der Waals surface area contributed by atoms with E-state index in [2.05, 4.69) is 5.10 Å². The molecule has 1 rings (SSSR count). The highest BCUT2D eigenvalue weighted by molar-refractivity contribution is 7.98. The molecule has 14 heavy (non-hydrogen) atoms. The van der Waals surface area contributed by atoms with Crippen LogP contribution in [0.4, 0.5) is 5.69 Å². The largest absolute Gasteiger partial charge is 0.396 e. The number of carbonyl (C=O) groups is 1. The van der Waals surface area contributed by atoms with Crippen LogP contribution in [0.25, 0.3) is 0 Å². The highest BCUT2D eigenvalue weighted by atomic mass is 32.2. The molecule has 0 saturated carbocycles. The van der Waals surface area contributed by atoms with E-state index in [9.17, 15) is 4.79 Å². The Balaban J connectivity index is 2.56. The predicted molar refractivity (Wildman–Crippen MR) is 58.2 cm³/mol. The van der Waals surface area contributed by atoms with Crippen LogP contribution in [0.3, 0.4) is 0 Å². The van der Waals surface area contributed by atoms with E-state index in [4.69, 9.17) is 11.5 Å². The van der Waals surface area contributed by atoms with Crippen molar-refractivity contribution in [1.29, 1.82) is 0 Å². The highest BCUT2D eigenvalue weighted by Crippen LogP contribution is 2.03. The lowest BCUT2D eigenvalue weighted by atomic mass is 10.2. The Hall–Kier alpha value is -1.01. The van der Waals surface area contributed by atoms with Crippen molar-refractivity contribution in [3.63, 3.8) is 0 Å². The molecule has 4 N–H and O–H groups in total. The zero-order valence-electron chi connectivity index (χ0n) is 8.01. The van der Waals surface area contributed by atoms with Gasteiger partial charge in [0.25, 0.3) is 5.91 Å². The molecule has 1 atom stereocenters. The van der Waals surface area contributed by atoms with Crippen LogP contribution < -0.4 is 11.5 Å². The summed E-state index contributed by atoms with van der Waals surface area (Å²) in [5.41, 5.74) is 11.6. The molecular weight excluding hydrogens is 200 g/mol. The van der Waals surface area contributed by atoms with Crippen LogP contribution in [-0.4, -0.2) is 33.7 Å². The van der Waals surface area contributed by atoms with Crippen LogP contribution in [0.15, 0.2) is 12.4 Å². The first kappa shape index (κ1) is 11.1. The van der Waals surface area contributed by atoms with Crippen LogP contribution >= 0.6 is 11.8 Å². The third kappa shape index (κ3) is 2.74. The van der Waals surface area contributed by atoms with Gasteiger partial charge in [-0.3, -0.25) is 4.79 Å². The maximum absolute atomic E-state index is 11.6. The number of nitrogen functional groups attached to an aromatic ring is 1. The first-order valence-corrected chi connectivity index (χ1v) is 5.63. The van der Waals surface area contributed by atoms with Crippen molar-refractivity contribution >= 4 is 23.4 Å². The summed E-state index contributed by atoms with van der Waals surface area (Å²) >= 11 is 1.66. The number of nitrogens with two attached hydrogens (primary N) is 2. The van der Waals surface area contributed by atoms with Gasteiger partial charge in [-0.25, -0.2) is 4.68 Å². The minimum atomic E-state index is -0.498. The average Bonchev–Trinajstić information content (AvgIpc) is 2.60. The number of hydrogen-bond acceptors (Lipinski definition) is 5. The van der Waals surface area contributed by atoms with Gasteiger partial charge in [-0.05, 0) is 18.4 Å². The zero-order chi connectivity index (χ0) is 10.6. The molecule has 5 nitrogen and oxygen atoms in total. The highest BCUT2D eigenvalue weighted by Gasteiger charge is 2.15. The number of hydrogen-bond donors (Lipinski definition) is 2. The van der Waals surface area contributed by atoms with E-state index in [1.54, 1.807) is 11.8 Å². The first-order chi connectivity index (χ1) is 6.65. The van der Waals surface area contributed by atoms with Gasteiger partial charge in [0.2, 0.25) is 0 Å². The van der Waals surface area contributed by atoms with Gasteiger partial charge >= 0.3 is 0 Å². The molecule has 1 aromatic rings. The quantitative estimate of drug-likeness (QED) is 0.747. The van der Waals surface area contributed by atoms with Crippen molar-refractivity contribution in [2.45, 2.75) is 12.5 Å². The molecule has 0 aliphatic carbocycles.